The van der Waals surface area contributed by atoms with Gasteiger partial charge in [0.2, 0.25) is 5.82 Å². The third-order valence-electron chi connectivity index (χ3n) is 4.74. The van der Waals surface area contributed by atoms with E-state index in [1.54, 1.807) is 0 Å². The lowest BCUT2D eigenvalue weighted by molar-refractivity contribution is 0.0677. The van der Waals surface area contributed by atoms with Gasteiger partial charge in [-0.1, -0.05) is 26.7 Å². The second-order valence-electron chi connectivity index (χ2n) is 6.45. The van der Waals surface area contributed by atoms with E-state index in [0.29, 0.717) is 17.8 Å². The summed E-state index contributed by atoms with van der Waals surface area (Å²) in [5.41, 5.74) is 0. The fraction of sp³-hybridized carbons (Fsp3) is 0.800. The summed E-state index contributed by atoms with van der Waals surface area (Å²) < 4.78 is 0. The zero-order valence-corrected chi connectivity index (χ0v) is 12.4. The molecule has 110 valence electrons. The van der Waals surface area contributed by atoms with Crippen LogP contribution in [-0.4, -0.2) is 38.6 Å². The first-order valence-corrected chi connectivity index (χ1v) is 7.90. The van der Waals surface area contributed by atoms with Crippen LogP contribution in [-0.2, 0) is 0 Å². The zero-order chi connectivity index (χ0) is 14.1. The van der Waals surface area contributed by atoms with Gasteiger partial charge >= 0.3 is 0 Å². The normalized spacial score (nSPS) is 23.9. The second kappa shape index (κ2) is 5.54. The lowest BCUT2D eigenvalue weighted by Gasteiger charge is -2.28. The van der Waals surface area contributed by atoms with Gasteiger partial charge in [-0.2, -0.15) is 0 Å². The molecule has 3 rings (SSSR count). The van der Waals surface area contributed by atoms with Crippen molar-refractivity contribution in [1.82, 2.24) is 20.1 Å². The van der Waals surface area contributed by atoms with Crippen molar-refractivity contribution in [3.05, 3.63) is 11.6 Å². The molecule has 1 unspecified atom stereocenters. The van der Waals surface area contributed by atoms with Gasteiger partial charge in [-0.05, 0) is 31.6 Å². The number of aromatic nitrogens is 3. The van der Waals surface area contributed by atoms with Gasteiger partial charge in [0.15, 0.2) is 0 Å². The molecule has 1 amide bonds. The molecule has 0 bridgehead atoms. The first kappa shape index (κ1) is 13.6. The Kier molecular flexibility index (Phi) is 3.76. The van der Waals surface area contributed by atoms with Crippen LogP contribution in [0.3, 0.4) is 0 Å². The van der Waals surface area contributed by atoms with Crippen molar-refractivity contribution >= 4 is 5.91 Å². The van der Waals surface area contributed by atoms with Gasteiger partial charge in [0.25, 0.3) is 5.91 Å². The zero-order valence-electron chi connectivity index (χ0n) is 12.4. The third kappa shape index (κ3) is 2.45. The number of hydrogen-bond donors (Lipinski definition) is 1. The molecule has 1 aromatic rings. The molecule has 1 aliphatic carbocycles. The number of carbonyl (C=O) groups is 1. The summed E-state index contributed by atoms with van der Waals surface area (Å²) in [7, 11) is 0. The van der Waals surface area contributed by atoms with Crippen molar-refractivity contribution in [2.24, 2.45) is 5.92 Å². The lowest BCUT2D eigenvalue weighted by atomic mass is 9.96. The molecule has 1 saturated heterocycles. The number of amides is 1. The predicted octanol–water partition coefficient (Wildman–Crippen LogP) is 2.72. The molecule has 0 aromatic carbocycles. The van der Waals surface area contributed by atoms with E-state index in [1.165, 1.54) is 25.7 Å². The van der Waals surface area contributed by atoms with Crippen LogP contribution in [0.15, 0.2) is 0 Å². The number of aromatic amines is 1. The van der Waals surface area contributed by atoms with Crippen molar-refractivity contribution in [1.29, 1.82) is 0 Å². The van der Waals surface area contributed by atoms with E-state index >= 15 is 0 Å². The Balaban J connectivity index is 1.74. The van der Waals surface area contributed by atoms with Gasteiger partial charge in [0, 0.05) is 18.5 Å². The summed E-state index contributed by atoms with van der Waals surface area (Å²) in [6.45, 7) is 4.96. The van der Waals surface area contributed by atoms with E-state index in [1.807, 2.05) is 18.7 Å². The minimum absolute atomic E-state index is 0.0163. The van der Waals surface area contributed by atoms with Crippen molar-refractivity contribution < 1.29 is 4.79 Å². The first-order valence-electron chi connectivity index (χ1n) is 7.90. The molecule has 5 heteroatoms. The molecule has 2 aliphatic rings. The number of carbonyl (C=O) groups excluding carboxylic acids is 1. The Morgan fingerprint density at radius 3 is 2.65 bits per heavy atom. The Morgan fingerprint density at radius 2 is 2.00 bits per heavy atom. The Morgan fingerprint density at radius 1 is 1.25 bits per heavy atom. The molecule has 1 atom stereocenters. The maximum Gasteiger partial charge on any atom is 0.293 e. The molecule has 5 nitrogen and oxygen atoms in total. The quantitative estimate of drug-likeness (QED) is 0.923. The summed E-state index contributed by atoms with van der Waals surface area (Å²) in [6, 6.07) is 0.422. The van der Waals surface area contributed by atoms with E-state index in [2.05, 4.69) is 15.2 Å². The standard InChI is InChI=1S/C15H24N4O/c1-10(2)13-16-14(18-17-13)15(20)19-9-5-8-12(19)11-6-3-4-7-11/h10-12H,3-9H2,1-2H3,(H,16,17,18). The summed E-state index contributed by atoms with van der Waals surface area (Å²) in [5, 5.41) is 7.00. The minimum atomic E-state index is 0.0163. The number of nitrogens with zero attached hydrogens (tertiary/aromatic N) is 3. The van der Waals surface area contributed by atoms with Crippen LogP contribution in [0, 0.1) is 5.92 Å². The van der Waals surface area contributed by atoms with Gasteiger partial charge in [0.1, 0.15) is 5.82 Å². The van der Waals surface area contributed by atoms with Crippen LogP contribution in [0.2, 0.25) is 0 Å². The van der Waals surface area contributed by atoms with Gasteiger partial charge in [0.05, 0.1) is 0 Å². The van der Waals surface area contributed by atoms with Crippen LogP contribution < -0.4 is 0 Å². The van der Waals surface area contributed by atoms with Crippen LogP contribution in [0.5, 0.6) is 0 Å². The van der Waals surface area contributed by atoms with E-state index in [-0.39, 0.29) is 11.8 Å². The molecule has 0 radical (unpaired) electrons. The minimum Gasteiger partial charge on any atom is -0.333 e. The summed E-state index contributed by atoms with van der Waals surface area (Å²) >= 11 is 0. The van der Waals surface area contributed by atoms with Crippen LogP contribution in [0.1, 0.15) is 74.7 Å². The van der Waals surface area contributed by atoms with Crippen molar-refractivity contribution in [3.8, 4) is 0 Å². The molecule has 2 fully saturated rings. The first-order chi connectivity index (χ1) is 9.66. The number of nitrogens with one attached hydrogen (secondary N) is 1. The van der Waals surface area contributed by atoms with Gasteiger partial charge in [-0.15, -0.1) is 5.10 Å². The van der Waals surface area contributed by atoms with Crippen molar-refractivity contribution in [2.75, 3.05) is 6.54 Å². The summed E-state index contributed by atoms with van der Waals surface area (Å²) in [4.78, 5) is 19.0. The fourth-order valence-corrected chi connectivity index (χ4v) is 3.63. The highest BCUT2D eigenvalue weighted by Gasteiger charge is 2.37. The topological polar surface area (TPSA) is 61.9 Å². The molecule has 1 aromatic heterocycles. The number of rotatable bonds is 3. The molecule has 1 saturated carbocycles. The Bertz CT molecular complexity index is 476. The second-order valence-corrected chi connectivity index (χ2v) is 6.45. The maximum absolute atomic E-state index is 12.6. The summed E-state index contributed by atoms with van der Waals surface area (Å²) in [5.74, 6) is 2.13. The number of H-pyrrole nitrogens is 1. The van der Waals surface area contributed by atoms with E-state index in [0.717, 1.165) is 25.2 Å². The van der Waals surface area contributed by atoms with E-state index < -0.39 is 0 Å². The summed E-state index contributed by atoms with van der Waals surface area (Å²) in [6.07, 6.45) is 7.47. The van der Waals surface area contributed by atoms with E-state index in [9.17, 15) is 4.79 Å². The number of likely N-dealkylation sites (tertiary alicyclic amines) is 1. The van der Waals surface area contributed by atoms with E-state index in [4.69, 9.17) is 0 Å². The Hall–Kier alpha value is -1.39. The third-order valence-corrected chi connectivity index (χ3v) is 4.74. The molecular weight excluding hydrogens is 252 g/mol. The maximum atomic E-state index is 12.6. The molecule has 0 spiro atoms. The highest BCUT2D eigenvalue weighted by atomic mass is 16.2. The average Bonchev–Trinajstić information content (AvgIpc) is 3.17. The highest BCUT2D eigenvalue weighted by molar-refractivity contribution is 5.90. The molecule has 1 aliphatic heterocycles. The average molecular weight is 276 g/mol. The fourth-order valence-electron chi connectivity index (χ4n) is 3.63. The number of hydrogen-bond acceptors (Lipinski definition) is 3. The smallest absolute Gasteiger partial charge is 0.293 e. The molecule has 1 N–H and O–H groups in total. The van der Waals surface area contributed by atoms with Crippen LogP contribution in [0.25, 0.3) is 0 Å². The van der Waals surface area contributed by atoms with Gasteiger partial charge < -0.3 is 4.90 Å². The van der Waals surface area contributed by atoms with Gasteiger partial charge in [-0.3, -0.25) is 9.89 Å². The lowest BCUT2D eigenvalue weighted by Crippen LogP contribution is -2.39. The largest absolute Gasteiger partial charge is 0.333 e. The predicted molar refractivity (Wildman–Crippen MR) is 76.5 cm³/mol. The van der Waals surface area contributed by atoms with Crippen LogP contribution >= 0.6 is 0 Å². The monoisotopic (exact) mass is 276 g/mol. The van der Waals surface area contributed by atoms with Crippen molar-refractivity contribution in [2.45, 2.75) is 64.3 Å². The molecule has 2 heterocycles. The molecular formula is C15H24N4O. The molecule has 20 heavy (non-hydrogen) atoms. The SMILES string of the molecule is CC(C)c1nc(C(=O)N2CCCC2C2CCCC2)n[nH]1. The van der Waals surface area contributed by atoms with Gasteiger partial charge in [-0.25, -0.2) is 4.98 Å². The highest BCUT2D eigenvalue weighted by Crippen LogP contribution is 2.35. The Labute approximate surface area is 120 Å². The van der Waals surface area contributed by atoms with Crippen molar-refractivity contribution in [3.63, 3.8) is 0 Å². The van der Waals surface area contributed by atoms with Crippen LogP contribution in [0.4, 0.5) is 0 Å².